The Kier molecular flexibility index (Phi) is 4.56. The number of aryl methyl sites for hydroxylation is 2. The van der Waals surface area contributed by atoms with Gasteiger partial charge in [0.2, 0.25) is 5.91 Å². The molecule has 4 aliphatic carbocycles. The van der Waals surface area contributed by atoms with E-state index in [0.29, 0.717) is 13.1 Å². The number of anilines is 1. The lowest BCUT2D eigenvalue weighted by Crippen LogP contribution is -2.54. The topological polar surface area (TPSA) is 84.7 Å². The van der Waals surface area contributed by atoms with Crippen LogP contribution in [0, 0.1) is 37.0 Å². The van der Waals surface area contributed by atoms with E-state index in [9.17, 15) is 4.79 Å². The third kappa shape index (κ3) is 3.51. The standard InChI is InChI=1S/C22H30N6O/c1-14-5-15(2)28(27-14)20-9-19(25-13-26-20)23-3-4-24-21(29)22-10-16-6-17(11-22)8-18(7-16)12-22/h5,9,13,16-18H,3-4,6-8,10-12H2,1-2H3,(H,24,29)(H,23,25,26). The minimum atomic E-state index is -0.0771. The lowest BCUT2D eigenvalue weighted by Gasteiger charge is -2.55. The zero-order valence-electron chi connectivity index (χ0n) is 17.3. The summed E-state index contributed by atoms with van der Waals surface area (Å²) in [7, 11) is 0. The van der Waals surface area contributed by atoms with E-state index in [0.717, 1.165) is 60.0 Å². The van der Waals surface area contributed by atoms with Crippen LogP contribution < -0.4 is 10.6 Å². The van der Waals surface area contributed by atoms with Gasteiger partial charge in [-0.1, -0.05) is 0 Å². The maximum absolute atomic E-state index is 13.0. The fourth-order valence-corrected chi connectivity index (χ4v) is 6.36. The molecule has 0 saturated heterocycles. The zero-order chi connectivity index (χ0) is 20.0. The van der Waals surface area contributed by atoms with E-state index in [4.69, 9.17) is 0 Å². The van der Waals surface area contributed by atoms with Gasteiger partial charge in [0.25, 0.3) is 0 Å². The Bertz CT molecular complexity index is 884. The molecule has 0 aromatic carbocycles. The fraction of sp³-hybridized carbons (Fsp3) is 0.636. The van der Waals surface area contributed by atoms with Gasteiger partial charge in [-0.2, -0.15) is 5.10 Å². The molecule has 6 rings (SSSR count). The van der Waals surface area contributed by atoms with Crippen molar-refractivity contribution in [2.75, 3.05) is 18.4 Å². The van der Waals surface area contributed by atoms with Crippen molar-refractivity contribution in [2.24, 2.45) is 23.2 Å². The van der Waals surface area contributed by atoms with E-state index in [1.165, 1.54) is 19.3 Å². The van der Waals surface area contributed by atoms with Crippen molar-refractivity contribution < 1.29 is 4.79 Å². The molecule has 0 radical (unpaired) electrons. The Morgan fingerprint density at radius 3 is 2.38 bits per heavy atom. The second-order valence-corrected chi connectivity index (χ2v) is 9.48. The predicted molar refractivity (Wildman–Crippen MR) is 111 cm³/mol. The van der Waals surface area contributed by atoms with Gasteiger partial charge in [-0.15, -0.1) is 0 Å². The molecule has 4 bridgehead atoms. The van der Waals surface area contributed by atoms with Crippen molar-refractivity contribution >= 4 is 11.7 Å². The van der Waals surface area contributed by atoms with Crippen LogP contribution >= 0.6 is 0 Å². The molecule has 0 atom stereocenters. The highest BCUT2D eigenvalue weighted by Crippen LogP contribution is 2.60. The molecule has 4 fully saturated rings. The number of nitrogens with zero attached hydrogens (tertiary/aromatic N) is 4. The lowest BCUT2D eigenvalue weighted by atomic mass is 9.49. The quantitative estimate of drug-likeness (QED) is 0.736. The first kappa shape index (κ1) is 18.6. The number of hydrogen-bond donors (Lipinski definition) is 2. The number of nitrogens with one attached hydrogen (secondary N) is 2. The number of carbonyl (C=O) groups is 1. The summed E-state index contributed by atoms with van der Waals surface area (Å²) in [6.45, 7) is 5.23. The number of amides is 1. The summed E-state index contributed by atoms with van der Waals surface area (Å²) in [5.41, 5.74) is 1.92. The van der Waals surface area contributed by atoms with E-state index < -0.39 is 0 Å². The van der Waals surface area contributed by atoms with Crippen LogP contribution in [0.5, 0.6) is 0 Å². The van der Waals surface area contributed by atoms with Crippen molar-refractivity contribution in [3.8, 4) is 5.82 Å². The Balaban J connectivity index is 1.16. The molecule has 2 N–H and O–H groups in total. The summed E-state index contributed by atoms with van der Waals surface area (Å²) in [5.74, 6) is 4.14. The molecule has 2 heterocycles. The first-order valence-electron chi connectivity index (χ1n) is 10.9. The maximum atomic E-state index is 13.0. The Morgan fingerprint density at radius 2 is 1.76 bits per heavy atom. The van der Waals surface area contributed by atoms with Crippen LogP contribution in [0.25, 0.3) is 5.82 Å². The number of rotatable bonds is 6. The first-order valence-corrected chi connectivity index (χ1v) is 10.9. The van der Waals surface area contributed by atoms with Crippen molar-refractivity contribution in [1.82, 2.24) is 25.1 Å². The minimum absolute atomic E-state index is 0.0771. The average Bonchev–Trinajstić information content (AvgIpc) is 3.02. The van der Waals surface area contributed by atoms with E-state index in [1.54, 1.807) is 6.33 Å². The molecule has 0 unspecified atom stereocenters. The highest BCUT2D eigenvalue weighted by atomic mass is 16.2. The van der Waals surface area contributed by atoms with E-state index >= 15 is 0 Å². The van der Waals surface area contributed by atoms with Crippen LogP contribution in [0.4, 0.5) is 5.82 Å². The molecule has 7 heteroatoms. The maximum Gasteiger partial charge on any atom is 0.226 e. The van der Waals surface area contributed by atoms with Crippen molar-refractivity contribution in [3.63, 3.8) is 0 Å². The third-order valence-corrected chi connectivity index (χ3v) is 7.12. The molecule has 29 heavy (non-hydrogen) atoms. The molecule has 1 amide bonds. The van der Waals surface area contributed by atoms with Crippen LogP contribution in [0.1, 0.15) is 49.9 Å². The molecule has 0 aliphatic heterocycles. The van der Waals surface area contributed by atoms with Crippen molar-refractivity contribution in [2.45, 2.75) is 52.4 Å². The van der Waals surface area contributed by atoms with Crippen LogP contribution in [0.15, 0.2) is 18.5 Å². The first-order chi connectivity index (χ1) is 14.0. The highest BCUT2D eigenvalue weighted by Gasteiger charge is 2.54. The van der Waals surface area contributed by atoms with E-state index in [-0.39, 0.29) is 11.3 Å². The van der Waals surface area contributed by atoms with Gasteiger partial charge in [-0.05, 0) is 76.2 Å². The highest BCUT2D eigenvalue weighted by molar-refractivity contribution is 5.83. The second kappa shape index (κ2) is 7.11. The zero-order valence-corrected chi connectivity index (χ0v) is 17.3. The summed E-state index contributed by atoms with van der Waals surface area (Å²) < 4.78 is 1.82. The second-order valence-electron chi connectivity index (χ2n) is 9.48. The van der Waals surface area contributed by atoms with Gasteiger partial charge in [0, 0.05) is 30.3 Å². The molecule has 7 nitrogen and oxygen atoms in total. The van der Waals surface area contributed by atoms with Gasteiger partial charge < -0.3 is 10.6 Å². The summed E-state index contributed by atoms with van der Waals surface area (Å²) in [4.78, 5) is 21.6. The average molecular weight is 395 g/mol. The molecular formula is C22H30N6O. The normalized spacial score (nSPS) is 29.8. The molecule has 2 aromatic rings. The van der Waals surface area contributed by atoms with Gasteiger partial charge in [0.15, 0.2) is 5.82 Å². The summed E-state index contributed by atoms with van der Waals surface area (Å²) in [6, 6.07) is 3.91. The minimum Gasteiger partial charge on any atom is -0.368 e. The Labute approximate surface area is 171 Å². The lowest BCUT2D eigenvalue weighted by molar-refractivity contribution is -0.146. The van der Waals surface area contributed by atoms with Gasteiger partial charge in [0.1, 0.15) is 12.1 Å². The summed E-state index contributed by atoms with van der Waals surface area (Å²) in [6.07, 6.45) is 8.95. The van der Waals surface area contributed by atoms with Gasteiger partial charge in [0.05, 0.1) is 5.69 Å². The molecule has 0 spiro atoms. The third-order valence-electron chi connectivity index (χ3n) is 7.12. The largest absolute Gasteiger partial charge is 0.368 e. The van der Waals surface area contributed by atoms with Gasteiger partial charge in [-0.3, -0.25) is 4.79 Å². The van der Waals surface area contributed by atoms with Gasteiger partial charge >= 0.3 is 0 Å². The fourth-order valence-electron chi connectivity index (χ4n) is 6.36. The summed E-state index contributed by atoms with van der Waals surface area (Å²) >= 11 is 0. The van der Waals surface area contributed by atoms with Crippen LogP contribution in [-0.4, -0.2) is 38.7 Å². The number of aromatic nitrogens is 4. The molecular weight excluding hydrogens is 364 g/mol. The Morgan fingerprint density at radius 1 is 1.07 bits per heavy atom. The van der Waals surface area contributed by atoms with Gasteiger partial charge in [-0.25, -0.2) is 14.6 Å². The molecule has 4 aliphatic rings. The SMILES string of the molecule is Cc1cc(C)n(-c2cc(NCCNC(=O)C34CC5CC(CC(C5)C3)C4)ncn2)n1. The smallest absolute Gasteiger partial charge is 0.226 e. The molecule has 4 saturated carbocycles. The van der Waals surface area contributed by atoms with Crippen LogP contribution in [0.3, 0.4) is 0 Å². The van der Waals surface area contributed by atoms with Crippen LogP contribution in [-0.2, 0) is 4.79 Å². The van der Waals surface area contributed by atoms with Crippen molar-refractivity contribution in [1.29, 1.82) is 0 Å². The van der Waals surface area contributed by atoms with Crippen molar-refractivity contribution in [3.05, 3.63) is 29.8 Å². The Hall–Kier alpha value is -2.44. The molecule has 2 aromatic heterocycles. The van der Waals surface area contributed by atoms with E-state index in [1.807, 2.05) is 30.7 Å². The molecule has 154 valence electrons. The number of carbonyl (C=O) groups excluding carboxylic acids is 1. The van der Waals surface area contributed by atoms with E-state index in [2.05, 4.69) is 25.7 Å². The summed E-state index contributed by atoms with van der Waals surface area (Å²) in [5, 5.41) is 11.0. The predicted octanol–water partition coefficient (Wildman–Crippen LogP) is 3.02. The van der Waals surface area contributed by atoms with Crippen LogP contribution in [0.2, 0.25) is 0 Å². The monoisotopic (exact) mass is 394 g/mol. The number of hydrogen-bond acceptors (Lipinski definition) is 5.